The molecule has 5 heteroatoms. The SMILES string of the molecule is C[SiH](C)[Zr+2]([c]1cc2ccccc2[nH]1)[CH]1C=Cc2ccccc21.[Cl-].[Cl-]. The maximum atomic E-state index is 3.77. The minimum Gasteiger partial charge on any atom is -1.00 e. The Morgan fingerprint density at radius 2 is 1.67 bits per heavy atom. The first-order chi connectivity index (χ1) is 10.7. The van der Waals surface area contributed by atoms with E-state index in [1.54, 1.807) is 8.97 Å². The fourth-order valence-electron chi connectivity index (χ4n) is 3.59. The Morgan fingerprint density at radius 1 is 0.958 bits per heavy atom. The molecule has 1 aromatic heterocycles. The van der Waals surface area contributed by atoms with E-state index in [-0.39, 0.29) is 24.8 Å². The van der Waals surface area contributed by atoms with Gasteiger partial charge in [-0.25, -0.2) is 0 Å². The van der Waals surface area contributed by atoms with Gasteiger partial charge in [0, 0.05) is 0 Å². The molecule has 0 fully saturated rings. The zero-order valence-electron chi connectivity index (χ0n) is 13.8. The van der Waals surface area contributed by atoms with Crippen LogP contribution >= 0.6 is 0 Å². The number of aromatic amines is 1. The van der Waals surface area contributed by atoms with Crippen LogP contribution < -0.4 is 28.2 Å². The molecule has 2 aromatic carbocycles. The first-order valence-corrected chi connectivity index (χ1v) is 17.8. The molecule has 0 amide bonds. The van der Waals surface area contributed by atoms with Gasteiger partial charge in [0.05, 0.1) is 0 Å². The molecule has 3 aromatic rings. The average molecular weight is 453 g/mol. The third-order valence-corrected chi connectivity index (χ3v) is 24.1. The maximum absolute atomic E-state index is 3.77. The summed E-state index contributed by atoms with van der Waals surface area (Å²) in [7, 11) is 0. The first-order valence-electron chi connectivity index (χ1n) is 7.96. The third-order valence-electron chi connectivity index (χ3n) is 4.60. The third kappa shape index (κ3) is 3.51. The maximum Gasteiger partial charge on any atom is -1.00 e. The second kappa shape index (κ2) is 8.19. The topological polar surface area (TPSA) is 15.8 Å². The first kappa shape index (κ1) is 19.7. The number of fused-ring (bicyclic) bond motifs is 2. The Kier molecular flexibility index (Phi) is 6.73. The summed E-state index contributed by atoms with van der Waals surface area (Å²) < 4.78 is 2.33. The molecule has 123 valence electrons. The molecule has 0 saturated heterocycles. The molecule has 0 bridgehead atoms. The Labute approximate surface area is 164 Å². The average Bonchev–Trinajstić information content (AvgIpc) is 3.12. The second-order valence-electron chi connectivity index (χ2n) is 6.35. The number of hydrogen-bond acceptors (Lipinski definition) is 0. The normalized spacial score (nSPS) is 15.0. The number of hydrogen-bond donors (Lipinski definition) is 1. The molecular formula is C19H20Cl2NSiZr. The molecule has 0 saturated carbocycles. The number of H-pyrrole nitrogens is 1. The van der Waals surface area contributed by atoms with Gasteiger partial charge in [-0.05, 0) is 0 Å². The van der Waals surface area contributed by atoms with Crippen molar-refractivity contribution in [1.82, 2.24) is 4.98 Å². The van der Waals surface area contributed by atoms with Crippen LogP contribution in [0.25, 0.3) is 17.0 Å². The van der Waals surface area contributed by atoms with Crippen LogP contribution in [0.4, 0.5) is 0 Å². The molecule has 1 unspecified atom stereocenters. The molecule has 1 nitrogen and oxygen atoms in total. The van der Waals surface area contributed by atoms with Crippen molar-refractivity contribution in [3.63, 3.8) is 0 Å². The molecule has 1 atom stereocenters. The predicted octanol–water partition coefficient (Wildman–Crippen LogP) is -1.83. The van der Waals surface area contributed by atoms with Crippen LogP contribution in [0.5, 0.6) is 0 Å². The van der Waals surface area contributed by atoms with E-state index in [1.165, 1.54) is 16.5 Å². The van der Waals surface area contributed by atoms with Gasteiger partial charge >= 0.3 is 141 Å². The van der Waals surface area contributed by atoms with E-state index in [0.717, 1.165) is 3.63 Å². The van der Waals surface area contributed by atoms with Gasteiger partial charge in [0.1, 0.15) is 0 Å². The Bertz CT molecular complexity index is 826. The summed E-state index contributed by atoms with van der Waals surface area (Å²) in [5.41, 5.74) is 4.33. The van der Waals surface area contributed by atoms with Gasteiger partial charge in [0.2, 0.25) is 0 Å². The molecule has 0 spiro atoms. The summed E-state index contributed by atoms with van der Waals surface area (Å²) in [6, 6.07) is 20.1. The largest absolute Gasteiger partial charge is 1.00 e. The number of nitrogens with one attached hydrogen (secondary N) is 1. The molecule has 4 rings (SSSR count). The molecule has 0 aliphatic heterocycles. The van der Waals surface area contributed by atoms with Gasteiger partial charge in [0.25, 0.3) is 0 Å². The zero-order chi connectivity index (χ0) is 15.1. The molecule has 1 aliphatic rings. The van der Waals surface area contributed by atoms with Crippen LogP contribution in [0.15, 0.2) is 60.7 Å². The Balaban J connectivity index is 0.00000104. The van der Waals surface area contributed by atoms with Crippen molar-refractivity contribution in [1.29, 1.82) is 0 Å². The fraction of sp³-hybridized carbons (Fsp3) is 0.158. The quantitative estimate of drug-likeness (QED) is 0.450. The van der Waals surface area contributed by atoms with E-state index in [2.05, 4.69) is 84.8 Å². The van der Waals surface area contributed by atoms with Crippen molar-refractivity contribution in [3.05, 3.63) is 71.8 Å². The summed E-state index contributed by atoms with van der Waals surface area (Å²) in [6.07, 6.45) is 4.85. The van der Waals surface area contributed by atoms with E-state index in [1.807, 2.05) is 0 Å². The summed E-state index contributed by atoms with van der Waals surface area (Å²) in [5.74, 6) is -0.667. The minimum atomic E-state index is -1.72. The molecule has 0 radical (unpaired) electrons. The van der Waals surface area contributed by atoms with E-state index in [4.69, 9.17) is 0 Å². The van der Waals surface area contributed by atoms with Crippen LogP contribution in [0, 0.1) is 0 Å². The second-order valence-corrected chi connectivity index (χ2v) is 25.9. The van der Waals surface area contributed by atoms with Gasteiger partial charge in [0.15, 0.2) is 0 Å². The number of benzene rings is 2. The summed E-state index contributed by atoms with van der Waals surface area (Å²) in [4.78, 5) is 3.77. The Morgan fingerprint density at radius 3 is 2.42 bits per heavy atom. The molecule has 24 heavy (non-hydrogen) atoms. The van der Waals surface area contributed by atoms with Gasteiger partial charge in [-0.2, -0.15) is 0 Å². The Hall–Kier alpha value is -0.600. The molecule has 1 N–H and O–H groups in total. The van der Waals surface area contributed by atoms with Gasteiger partial charge in [-0.1, -0.05) is 0 Å². The summed E-state index contributed by atoms with van der Waals surface area (Å²) in [6.45, 7) is 5.10. The smallest absolute Gasteiger partial charge is 1.00 e. The standard InChI is InChI=1S/C9H7.C8H6N.C2H7Si.2ClH.Zr/c1-2-5-9-7-3-6-8(9)4-1;1-2-4-8-7(3-1)5-6-9-8;1-3-2;;;/h1-7H;1-5,9H;3H,1-2H3;2*1H;/q;;;;;+2/p-2. The number of para-hydroxylation sites is 1. The predicted molar refractivity (Wildman–Crippen MR) is 95.0 cm³/mol. The summed E-state index contributed by atoms with van der Waals surface area (Å²) in [5, 5.41) is 1.38. The van der Waals surface area contributed by atoms with E-state index in [0.29, 0.717) is 0 Å². The number of allylic oxidation sites excluding steroid dienone is 1. The van der Waals surface area contributed by atoms with E-state index in [9.17, 15) is 0 Å². The van der Waals surface area contributed by atoms with Crippen LogP contribution in [0.1, 0.15) is 14.8 Å². The van der Waals surface area contributed by atoms with E-state index >= 15 is 0 Å². The van der Waals surface area contributed by atoms with Crippen LogP contribution in [-0.4, -0.2) is 10.9 Å². The molecular weight excluding hydrogens is 432 g/mol. The van der Waals surface area contributed by atoms with Gasteiger partial charge in [-0.15, -0.1) is 0 Å². The minimum absolute atomic E-state index is 0. The number of rotatable bonds is 3. The summed E-state index contributed by atoms with van der Waals surface area (Å²) >= 11 is -1.72. The van der Waals surface area contributed by atoms with Crippen molar-refractivity contribution in [2.24, 2.45) is 0 Å². The molecule has 1 heterocycles. The van der Waals surface area contributed by atoms with Crippen molar-refractivity contribution < 1.29 is 45.7 Å². The van der Waals surface area contributed by atoms with E-state index < -0.39 is 26.8 Å². The van der Waals surface area contributed by atoms with Crippen LogP contribution in [-0.2, 0) is 20.9 Å². The fourth-order valence-corrected chi connectivity index (χ4v) is 22.0. The zero-order valence-corrected chi connectivity index (χ0v) is 18.9. The van der Waals surface area contributed by atoms with Gasteiger partial charge < -0.3 is 24.8 Å². The number of aromatic nitrogens is 1. The van der Waals surface area contributed by atoms with Crippen LogP contribution in [0.2, 0.25) is 13.1 Å². The van der Waals surface area contributed by atoms with Crippen molar-refractivity contribution in [3.8, 4) is 0 Å². The number of halogens is 2. The van der Waals surface area contributed by atoms with Crippen molar-refractivity contribution in [2.75, 3.05) is 0 Å². The molecule has 1 aliphatic carbocycles. The van der Waals surface area contributed by atoms with Gasteiger partial charge in [-0.3, -0.25) is 0 Å². The monoisotopic (exact) mass is 450 g/mol. The van der Waals surface area contributed by atoms with Crippen molar-refractivity contribution >= 4 is 26.3 Å². The van der Waals surface area contributed by atoms with Crippen LogP contribution in [0.3, 0.4) is 0 Å². The van der Waals surface area contributed by atoms with Crippen molar-refractivity contribution in [2.45, 2.75) is 16.7 Å².